The topological polar surface area (TPSA) is 85.2 Å². The summed E-state index contributed by atoms with van der Waals surface area (Å²) in [5.74, 6) is 1.87. The zero-order valence-electron chi connectivity index (χ0n) is 15.7. The van der Waals surface area contributed by atoms with Crippen molar-refractivity contribution in [2.45, 2.75) is 12.6 Å². The van der Waals surface area contributed by atoms with E-state index in [9.17, 15) is 9.59 Å². The first-order chi connectivity index (χ1) is 14.2. The zero-order valence-corrected chi connectivity index (χ0v) is 15.7. The minimum absolute atomic E-state index is 0.137. The van der Waals surface area contributed by atoms with E-state index in [4.69, 9.17) is 4.74 Å². The minimum Gasteiger partial charge on any atom is -0.457 e. The largest absolute Gasteiger partial charge is 0.457 e. The van der Waals surface area contributed by atoms with Gasteiger partial charge in [-0.3, -0.25) is 9.59 Å². The van der Waals surface area contributed by atoms with Gasteiger partial charge in [-0.2, -0.15) is 5.10 Å². The molecule has 1 aliphatic heterocycles. The maximum absolute atomic E-state index is 11.7. The molecule has 0 radical (unpaired) electrons. The fraction of sp³-hybridized carbons (Fsp3) is 0.136. The molecule has 1 unspecified atom stereocenters. The Morgan fingerprint density at radius 1 is 1.17 bits per heavy atom. The third-order valence-corrected chi connectivity index (χ3v) is 4.65. The van der Waals surface area contributed by atoms with Crippen LogP contribution in [-0.4, -0.2) is 34.6 Å². The van der Waals surface area contributed by atoms with Crippen LogP contribution in [0.3, 0.4) is 0 Å². The van der Waals surface area contributed by atoms with Crippen molar-refractivity contribution in [2.24, 2.45) is 0 Å². The fourth-order valence-corrected chi connectivity index (χ4v) is 3.27. The van der Waals surface area contributed by atoms with Gasteiger partial charge in [-0.25, -0.2) is 4.68 Å². The molecule has 2 N–H and O–H groups in total. The van der Waals surface area contributed by atoms with Gasteiger partial charge in [-0.1, -0.05) is 24.8 Å². The van der Waals surface area contributed by atoms with Gasteiger partial charge in [-0.05, 0) is 42.5 Å². The van der Waals surface area contributed by atoms with E-state index in [-0.39, 0.29) is 11.9 Å². The van der Waals surface area contributed by atoms with Gasteiger partial charge in [0.15, 0.2) is 6.29 Å². The second kappa shape index (κ2) is 8.02. The van der Waals surface area contributed by atoms with Gasteiger partial charge in [0.05, 0.1) is 18.2 Å². The molecule has 29 heavy (non-hydrogen) atoms. The monoisotopic (exact) mass is 388 g/mol. The van der Waals surface area contributed by atoms with Crippen LogP contribution in [0.1, 0.15) is 10.4 Å². The first kappa shape index (κ1) is 18.5. The van der Waals surface area contributed by atoms with Crippen molar-refractivity contribution in [1.82, 2.24) is 15.1 Å². The van der Waals surface area contributed by atoms with Crippen LogP contribution in [0.15, 0.2) is 67.3 Å². The summed E-state index contributed by atoms with van der Waals surface area (Å²) in [5, 5.41) is 10.6. The summed E-state index contributed by atoms with van der Waals surface area (Å²) >= 11 is 0. The van der Waals surface area contributed by atoms with Crippen molar-refractivity contribution in [1.29, 1.82) is 0 Å². The number of hydrogen-bond acceptors (Lipinski definition) is 5. The lowest BCUT2D eigenvalue weighted by Gasteiger charge is -2.25. The molecule has 1 amide bonds. The second-order valence-corrected chi connectivity index (χ2v) is 6.64. The van der Waals surface area contributed by atoms with Crippen molar-refractivity contribution < 1.29 is 14.3 Å². The molecule has 7 nitrogen and oxygen atoms in total. The van der Waals surface area contributed by atoms with E-state index in [1.807, 2.05) is 54.6 Å². The minimum atomic E-state index is -0.239. The number of carbonyl (C=O) groups excluding carboxylic acids is 2. The summed E-state index contributed by atoms with van der Waals surface area (Å²) in [6.45, 7) is 4.44. The van der Waals surface area contributed by atoms with Gasteiger partial charge in [0, 0.05) is 12.1 Å². The summed E-state index contributed by atoms with van der Waals surface area (Å²) in [6.07, 6.45) is 2.04. The van der Waals surface area contributed by atoms with Crippen LogP contribution < -0.4 is 15.4 Å². The maximum atomic E-state index is 11.7. The lowest BCUT2D eigenvalue weighted by Crippen LogP contribution is -2.45. The van der Waals surface area contributed by atoms with E-state index in [0.717, 1.165) is 17.6 Å². The van der Waals surface area contributed by atoms with Crippen LogP contribution in [0.4, 0.5) is 5.82 Å². The van der Waals surface area contributed by atoms with E-state index in [1.54, 1.807) is 4.68 Å². The van der Waals surface area contributed by atoms with Crippen LogP contribution >= 0.6 is 0 Å². The van der Waals surface area contributed by atoms with Crippen LogP contribution in [0.25, 0.3) is 11.3 Å². The number of hydrogen-bond donors (Lipinski definition) is 2. The number of benzene rings is 2. The van der Waals surface area contributed by atoms with Gasteiger partial charge in [0.25, 0.3) is 0 Å². The van der Waals surface area contributed by atoms with E-state index in [1.165, 1.54) is 6.08 Å². The number of carbonyl (C=O) groups is 2. The smallest absolute Gasteiger partial charge is 0.243 e. The third-order valence-electron chi connectivity index (χ3n) is 4.65. The molecule has 1 aromatic heterocycles. The predicted molar refractivity (Wildman–Crippen MR) is 110 cm³/mol. The van der Waals surface area contributed by atoms with Crippen molar-refractivity contribution in [3.05, 3.63) is 72.8 Å². The molecular formula is C22H20N4O3. The molecule has 1 aliphatic rings. The molecule has 4 rings (SSSR count). The van der Waals surface area contributed by atoms with E-state index < -0.39 is 0 Å². The molecule has 2 aromatic carbocycles. The molecule has 0 bridgehead atoms. The summed E-state index contributed by atoms with van der Waals surface area (Å²) in [4.78, 5) is 23.3. The van der Waals surface area contributed by atoms with Crippen LogP contribution in [0.2, 0.25) is 0 Å². The number of aromatic nitrogens is 2. The average molecular weight is 388 g/mol. The Morgan fingerprint density at radius 3 is 2.59 bits per heavy atom. The maximum Gasteiger partial charge on any atom is 0.243 e. The fourth-order valence-electron chi connectivity index (χ4n) is 3.27. The highest BCUT2D eigenvalue weighted by Crippen LogP contribution is 2.31. The van der Waals surface area contributed by atoms with Gasteiger partial charge in [-0.15, -0.1) is 0 Å². The summed E-state index contributed by atoms with van der Waals surface area (Å²) < 4.78 is 7.53. The Balaban J connectivity index is 1.57. The van der Waals surface area contributed by atoms with Crippen LogP contribution in [-0.2, 0) is 11.3 Å². The highest BCUT2D eigenvalue weighted by atomic mass is 16.5. The Morgan fingerprint density at radius 2 is 1.90 bits per heavy atom. The van der Waals surface area contributed by atoms with Crippen molar-refractivity contribution in [2.75, 3.05) is 11.9 Å². The number of aldehydes is 1. The number of fused-ring (bicyclic) bond motifs is 1. The Hall–Kier alpha value is -3.87. The molecule has 0 saturated carbocycles. The molecule has 0 fully saturated rings. The quantitative estimate of drug-likeness (QED) is 0.500. The summed E-state index contributed by atoms with van der Waals surface area (Å²) in [7, 11) is 0. The number of amides is 1. The first-order valence-corrected chi connectivity index (χ1v) is 9.24. The number of anilines is 1. The lowest BCUT2D eigenvalue weighted by atomic mass is 10.1. The molecule has 2 heterocycles. The van der Waals surface area contributed by atoms with Crippen molar-refractivity contribution in [3.63, 3.8) is 0 Å². The molecule has 0 aliphatic carbocycles. The number of rotatable bonds is 6. The van der Waals surface area contributed by atoms with Gasteiger partial charge >= 0.3 is 0 Å². The number of nitrogens with zero attached hydrogens (tertiary/aromatic N) is 2. The average Bonchev–Trinajstić information content (AvgIpc) is 3.12. The van der Waals surface area contributed by atoms with E-state index in [2.05, 4.69) is 22.3 Å². The van der Waals surface area contributed by atoms with Crippen molar-refractivity contribution in [3.8, 4) is 22.8 Å². The molecule has 3 aromatic rings. The zero-order chi connectivity index (χ0) is 20.2. The number of nitrogens with one attached hydrogen (secondary N) is 2. The normalized spacial score (nSPS) is 15.0. The number of para-hydroxylation sites is 1. The van der Waals surface area contributed by atoms with Crippen LogP contribution in [0, 0.1) is 0 Å². The predicted octanol–water partition coefficient (Wildman–Crippen LogP) is 3.25. The van der Waals surface area contributed by atoms with Gasteiger partial charge in [0.2, 0.25) is 5.91 Å². The Labute approximate surface area is 168 Å². The van der Waals surface area contributed by atoms with E-state index >= 15 is 0 Å². The van der Waals surface area contributed by atoms with Crippen molar-refractivity contribution >= 4 is 18.0 Å². The lowest BCUT2D eigenvalue weighted by molar-refractivity contribution is -0.117. The van der Waals surface area contributed by atoms with Gasteiger partial charge in [0.1, 0.15) is 23.0 Å². The molecule has 1 atom stereocenters. The Kier molecular flexibility index (Phi) is 5.11. The molecule has 0 spiro atoms. The highest BCUT2D eigenvalue weighted by Gasteiger charge is 2.25. The third kappa shape index (κ3) is 3.89. The molecule has 7 heteroatoms. The summed E-state index contributed by atoms with van der Waals surface area (Å²) in [6, 6.07) is 16.8. The molecule has 146 valence electrons. The Bertz CT molecular complexity index is 1040. The second-order valence-electron chi connectivity index (χ2n) is 6.64. The highest BCUT2D eigenvalue weighted by molar-refractivity contribution is 5.92. The van der Waals surface area contributed by atoms with Gasteiger partial charge < -0.3 is 15.4 Å². The number of ether oxygens (including phenoxy) is 1. The van der Waals surface area contributed by atoms with E-state index in [0.29, 0.717) is 35.9 Å². The summed E-state index contributed by atoms with van der Waals surface area (Å²) in [5.41, 5.74) is 1.89. The standard InChI is InChI=1S/C22H20N4O3/c1-2-20(28)24-16-12-23-22-19(14-27)21(25-26(22)13-16)15-8-10-18(11-9-15)29-17-6-4-3-5-7-17/h2-11,14,16,23H,1,12-13H2,(H,24,28). The van der Waals surface area contributed by atoms with Crippen LogP contribution in [0.5, 0.6) is 11.5 Å². The molecular weight excluding hydrogens is 368 g/mol. The first-order valence-electron chi connectivity index (χ1n) is 9.24. The molecule has 0 saturated heterocycles. The SMILES string of the molecule is C=CC(=O)NC1CNc2c(C=O)c(-c3ccc(Oc4ccccc4)cc3)nn2C1.